The van der Waals surface area contributed by atoms with E-state index >= 15 is 0 Å². The van der Waals surface area contributed by atoms with Crippen LogP contribution in [0.25, 0.3) is 11.4 Å². The first-order chi connectivity index (χ1) is 8.75. The van der Waals surface area contributed by atoms with Crippen molar-refractivity contribution in [1.82, 2.24) is 30.3 Å². The molecule has 1 aliphatic heterocycles. The van der Waals surface area contributed by atoms with Crippen LogP contribution in [-0.4, -0.2) is 51.1 Å². The van der Waals surface area contributed by atoms with Gasteiger partial charge in [-0.3, -0.25) is 9.78 Å². The fraction of sp³-hybridized carbons (Fsp3) is 0.545. The Labute approximate surface area is 105 Å². The number of aryl methyl sites for hydroxylation is 1. The average Bonchev–Trinajstić information content (AvgIpc) is 3.00. The molecule has 0 radical (unpaired) electrons. The highest BCUT2D eigenvalue weighted by atomic mass is 15.4. The quantitative estimate of drug-likeness (QED) is 0.776. The molecular weight excluding hydrogens is 230 g/mol. The molecule has 0 atom stereocenters. The molecule has 1 aliphatic rings. The molecule has 0 aliphatic carbocycles. The SMILES string of the molecule is Cc1c(-c2nc(N3CCNCC3)n[nH]2)cnn1C. The van der Waals surface area contributed by atoms with E-state index in [-0.39, 0.29) is 0 Å². The lowest BCUT2D eigenvalue weighted by Gasteiger charge is -2.25. The zero-order valence-electron chi connectivity index (χ0n) is 10.6. The minimum atomic E-state index is 0.773. The van der Waals surface area contributed by atoms with Crippen molar-refractivity contribution < 1.29 is 0 Å². The molecule has 7 nitrogen and oxygen atoms in total. The van der Waals surface area contributed by atoms with Crippen LogP contribution in [-0.2, 0) is 7.05 Å². The van der Waals surface area contributed by atoms with Gasteiger partial charge < -0.3 is 10.2 Å². The van der Waals surface area contributed by atoms with Crippen molar-refractivity contribution in [2.24, 2.45) is 7.05 Å². The molecule has 0 aromatic carbocycles. The normalized spacial score (nSPS) is 16.2. The van der Waals surface area contributed by atoms with E-state index in [4.69, 9.17) is 0 Å². The van der Waals surface area contributed by atoms with Crippen LogP contribution in [0.3, 0.4) is 0 Å². The first-order valence-corrected chi connectivity index (χ1v) is 6.13. The number of anilines is 1. The molecule has 0 unspecified atom stereocenters. The Bertz CT molecular complexity index is 535. The van der Waals surface area contributed by atoms with Crippen molar-refractivity contribution in [3.63, 3.8) is 0 Å². The van der Waals surface area contributed by atoms with Crippen LogP contribution >= 0.6 is 0 Å². The standard InChI is InChI=1S/C11H17N7/c1-8-9(7-13-17(8)2)10-14-11(16-15-10)18-5-3-12-4-6-18/h7,12H,3-6H2,1-2H3,(H,14,15,16). The Hall–Kier alpha value is -1.89. The number of rotatable bonds is 2. The van der Waals surface area contributed by atoms with Crippen molar-refractivity contribution in [3.8, 4) is 11.4 Å². The van der Waals surface area contributed by atoms with Gasteiger partial charge in [-0.15, -0.1) is 5.10 Å². The number of nitrogens with zero attached hydrogens (tertiary/aromatic N) is 5. The van der Waals surface area contributed by atoms with E-state index in [1.807, 2.05) is 24.9 Å². The first-order valence-electron chi connectivity index (χ1n) is 6.13. The van der Waals surface area contributed by atoms with Crippen LogP contribution in [0.5, 0.6) is 0 Å². The van der Waals surface area contributed by atoms with E-state index in [0.29, 0.717) is 0 Å². The molecule has 96 valence electrons. The molecule has 2 aromatic heterocycles. The minimum absolute atomic E-state index is 0.773. The lowest BCUT2D eigenvalue weighted by molar-refractivity contribution is 0.580. The number of hydrogen-bond acceptors (Lipinski definition) is 5. The van der Waals surface area contributed by atoms with Crippen LogP contribution in [0.4, 0.5) is 5.95 Å². The lowest BCUT2D eigenvalue weighted by Crippen LogP contribution is -2.44. The molecule has 18 heavy (non-hydrogen) atoms. The van der Waals surface area contributed by atoms with Crippen LogP contribution in [0.1, 0.15) is 5.69 Å². The topological polar surface area (TPSA) is 74.7 Å². The second-order valence-electron chi connectivity index (χ2n) is 4.49. The second-order valence-corrected chi connectivity index (χ2v) is 4.49. The van der Waals surface area contributed by atoms with Gasteiger partial charge >= 0.3 is 0 Å². The molecule has 0 saturated carbocycles. The van der Waals surface area contributed by atoms with Gasteiger partial charge in [0.15, 0.2) is 5.82 Å². The maximum absolute atomic E-state index is 4.56. The predicted molar refractivity (Wildman–Crippen MR) is 68.4 cm³/mol. The molecule has 3 rings (SSSR count). The van der Waals surface area contributed by atoms with Crippen LogP contribution in [0.2, 0.25) is 0 Å². The summed E-state index contributed by atoms with van der Waals surface area (Å²) in [5, 5.41) is 14.8. The van der Waals surface area contributed by atoms with Crippen LogP contribution < -0.4 is 10.2 Å². The van der Waals surface area contributed by atoms with Gasteiger partial charge in [0.2, 0.25) is 5.95 Å². The molecule has 7 heteroatoms. The molecule has 2 aromatic rings. The zero-order chi connectivity index (χ0) is 12.5. The van der Waals surface area contributed by atoms with Crippen molar-refractivity contribution in [1.29, 1.82) is 0 Å². The van der Waals surface area contributed by atoms with Gasteiger partial charge in [0, 0.05) is 38.9 Å². The van der Waals surface area contributed by atoms with Gasteiger partial charge in [-0.2, -0.15) is 10.1 Å². The Morgan fingerprint density at radius 1 is 1.28 bits per heavy atom. The summed E-state index contributed by atoms with van der Waals surface area (Å²) in [6.07, 6.45) is 1.82. The smallest absolute Gasteiger partial charge is 0.245 e. The van der Waals surface area contributed by atoms with Gasteiger partial charge in [-0.05, 0) is 6.92 Å². The molecule has 1 fully saturated rings. The van der Waals surface area contributed by atoms with Crippen molar-refractivity contribution in [2.45, 2.75) is 6.92 Å². The zero-order valence-corrected chi connectivity index (χ0v) is 10.6. The molecule has 0 spiro atoms. The third kappa shape index (κ3) is 1.86. The van der Waals surface area contributed by atoms with Gasteiger partial charge in [0.05, 0.1) is 11.8 Å². The highest BCUT2D eigenvalue weighted by Gasteiger charge is 2.17. The number of H-pyrrole nitrogens is 1. The Morgan fingerprint density at radius 2 is 2.06 bits per heavy atom. The largest absolute Gasteiger partial charge is 0.337 e. The molecule has 1 saturated heterocycles. The van der Waals surface area contributed by atoms with Gasteiger partial charge in [0.25, 0.3) is 0 Å². The Morgan fingerprint density at radius 3 is 2.72 bits per heavy atom. The third-order valence-corrected chi connectivity index (χ3v) is 3.36. The lowest BCUT2D eigenvalue weighted by atomic mass is 10.2. The minimum Gasteiger partial charge on any atom is -0.337 e. The molecular formula is C11H17N7. The highest BCUT2D eigenvalue weighted by molar-refractivity contribution is 5.58. The summed E-state index contributed by atoms with van der Waals surface area (Å²) in [5.41, 5.74) is 2.09. The number of piperazine rings is 1. The van der Waals surface area contributed by atoms with Gasteiger partial charge in [-0.1, -0.05) is 0 Å². The van der Waals surface area contributed by atoms with Crippen LogP contribution in [0, 0.1) is 6.92 Å². The van der Waals surface area contributed by atoms with E-state index in [9.17, 15) is 0 Å². The highest BCUT2D eigenvalue weighted by Crippen LogP contribution is 2.20. The Kier molecular flexibility index (Phi) is 2.75. The number of hydrogen-bond donors (Lipinski definition) is 2. The summed E-state index contributed by atoms with van der Waals surface area (Å²) >= 11 is 0. The van der Waals surface area contributed by atoms with Gasteiger partial charge in [0.1, 0.15) is 0 Å². The van der Waals surface area contributed by atoms with E-state index in [2.05, 4.69) is 30.5 Å². The van der Waals surface area contributed by atoms with Crippen molar-refractivity contribution in [2.75, 3.05) is 31.1 Å². The van der Waals surface area contributed by atoms with E-state index in [1.54, 1.807) is 0 Å². The summed E-state index contributed by atoms with van der Waals surface area (Å²) < 4.78 is 1.84. The van der Waals surface area contributed by atoms with E-state index in [1.165, 1.54) is 0 Å². The Balaban J connectivity index is 1.87. The fourth-order valence-corrected chi connectivity index (χ4v) is 2.11. The number of aromatic amines is 1. The first kappa shape index (κ1) is 11.2. The number of aromatic nitrogens is 5. The second kappa shape index (κ2) is 4.41. The summed E-state index contributed by atoms with van der Waals surface area (Å²) in [5.74, 6) is 1.56. The molecule has 0 amide bonds. The predicted octanol–water partition coefficient (Wildman–Crippen LogP) is -0.0768. The summed E-state index contributed by atoms with van der Waals surface area (Å²) in [6.45, 7) is 5.88. The van der Waals surface area contributed by atoms with Crippen molar-refractivity contribution >= 4 is 5.95 Å². The van der Waals surface area contributed by atoms with E-state index in [0.717, 1.165) is 49.2 Å². The summed E-state index contributed by atoms with van der Waals surface area (Å²) in [4.78, 5) is 6.74. The molecule has 3 heterocycles. The number of nitrogens with one attached hydrogen (secondary N) is 2. The molecule has 2 N–H and O–H groups in total. The third-order valence-electron chi connectivity index (χ3n) is 3.36. The fourth-order valence-electron chi connectivity index (χ4n) is 2.11. The summed E-state index contributed by atoms with van der Waals surface area (Å²) in [6, 6.07) is 0. The average molecular weight is 247 g/mol. The molecule has 0 bridgehead atoms. The monoisotopic (exact) mass is 247 g/mol. The van der Waals surface area contributed by atoms with Crippen LogP contribution in [0.15, 0.2) is 6.20 Å². The van der Waals surface area contributed by atoms with Crippen molar-refractivity contribution in [3.05, 3.63) is 11.9 Å². The summed E-state index contributed by atoms with van der Waals surface area (Å²) in [7, 11) is 1.92. The van der Waals surface area contributed by atoms with Gasteiger partial charge in [-0.25, -0.2) is 0 Å². The maximum Gasteiger partial charge on any atom is 0.245 e. The van der Waals surface area contributed by atoms with E-state index < -0.39 is 0 Å². The maximum atomic E-state index is 4.56.